The van der Waals surface area contributed by atoms with Crippen LogP contribution in [0.1, 0.15) is 25.0 Å². The number of hydrogen-bond donors (Lipinski definition) is 2. The summed E-state index contributed by atoms with van der Waals surface area (Å²) in [6.07, 6.45) is 0.938. The van der Waals surface area contributed by atoms with Gasteiger partial charge in [0.05, 0.1) is 0 Å². The molecule has 2 unspecified atom stereocenters. The molecule has 0 aromatic heterocycles. The van der Waals surface area contributed by atoms with Crippen molar-refractivity contribution in [3.05, 3.63) is 35.4 Å². The van der Waals surface area contributed by atoms with E-state index < -0.39 is 0 Å². The molecule has 0 saturated carbocycles. The van der Waals surface area contributed by atoms with Gasteiger partial charge in [-0.25, -0.2) is 0 Å². The molecule has 0 saturated heterocycles. The van der Waals surface area contributed by atoms with Crippen LogP contribution < -0.4 is 11.5 Å². The maximum absolute atomic E-state index is 5.84. The van der Waals surface area contributed by atoms with Crippen LogP contribution in [0, 0.1) is 0 Å². The summed E-state index contributed by atoms with van der Waals surface area (Å²) in [5.74, 6) is 0. The van der Waals surface area contributed by atoms with Gasteiger partial charge in [0, 0.05) is 26.1 Å². The van der Waals surface area contributed by atoms with Crippen molar-refractivity contribution in [2.75, 3.05) is 13.2 Å². The molecule has 0 fully saturated rings. The van der Waals surface area contributed by atoms with Crippen molar-refractivity contribution in [2.45, 2.75) is 39.1 Å². The molecule has 0 aliphatic heterocycles. The largest absolute Gasteiger partial charge is 0.364 e. The third-order valence-electron chi connectivity index (χ3n) is 2.63. The van der Waals surface area contributed by atoms with E-state index in [1.165, 1.54) is 0 Å². The van der Waals surface area contributed by atoms with E-state index in [4.69, 9.17) is 20.9 Å². The summed E-state index contributed by atoms with van der Waals surface area (Å²) >= 11 is 0. The lowest BCUT2D eigenvalue weighted by molar-refractivity contribution is 0.0673. The van der Waals surface area contributed by atoms with Crippen molar-refractivity contribution >= 4 is 0 Å². The Morgan fingerprint density at radius 2 is 1.39 bits per heavy atom. The van der Waals surface area contributed by atoms with Gasteiger partial charge in [-0.15, -0.1) is 0 Å². The molecule has 1 rings (SSSR count). The Hall–Kier alpha value is -0.940. The average molecular weight is 252 g/mol. The van der Waals surface area contributed by atoms with E-state index in [0.29, 0.717) is 26.1 Å². The Morgan fingerprint density at radius 3 is 1.78 bits per heavy atom. The Bertz CT molecular complexity index is 315. The van der Waals surface area contributed by atoms with E-state index in [1.54, 1.807) is 0 Å². The third kappa shape index (κ3) is 5.60. The first-order chi connectivity index (χ1) is 8.65. The monoisotopic (exact) mass is 252 g/mol. The van der Waals surface area contributed by atoms with Crippen LogP contribution in [0.15, 0.2) is 24.3 Å². The van der Waals surface area contributed by atoms with Gasteiger partial charge in [-0.1, -0.05) is 24.3 Å². The maximum Gasteiger partial charge on any atom is 0.109 e. The standard InChI is InChI=1S/C14H24N2O2/c1-3-17-13(15)9-11-6-5-7-12(8-11)10-14(16)18-4-2/h5-8,13-14H,3-4,9-10,15-16H2,1-2H3. The van der Waals surface area contributed by atoms with Gasteiger partial charge in [-0.3, -0.25) is 0 Å². The fraction of sp³-hybridized carbons (Fsp3) is 0.571. The molecular formula is C14H24N2O2. The fourth-order valence-corrected chi connectivity index (χ4v) is 1.89. The minimum Gasteiger partial charge on any atom is -0.364 e. The first-order valence-electron chi connectivity index (χ1n) is 6.47. The van der Waals surface area contributed by atoms with Crippen LogP contribution in [0.2, 0.25) is 0 Å². The van der Waals surface area contributed by atoms with Crippen LogP contribution in [0.4, 0.5) is 0 Å². The number of benzene rings is 1. The molecule has 0 amide bonds. The molecule has 0 aliphatic carbocycles. The summed E-state index contributed by atoms with van der Waals surface area (Å²) in [6.45, 7) is 5.15. The SMILES string of the molecule is CCOC(N)Cc1cccc(CC(N)OCC)c1. The first kappa shape index (κ1) is 15.1. The highest BCUT2D eigenvalue weighted by Crippen LogP contribution is 2.10. The van der Waals surface area contributed by atoms with Crippen LogP contribution in [0.5, 0.6) is 0 Å². The zero-order valence-corrected chi connectivity index (χ0v) is 11.3. The van der Waals surface area contributed by atoms with Crippen molar-refractivity contribution in [3.8, 4) is 0 Å². The molecule has 0 radical (unpaired) electrons. The zero-order valence-electron chi connectivity index (χ0n) is 11.3. The van der Waals surface area contributed by atoms with Gasteiger partial charge in [0.15, 0.2) is 0 Å². The van der Waals surface area contributed by atoms with E-state index in [1.807, 2.05) is 19.9 Å². The van der Waals surface area contributed by atoms with Crippen LogP contribution in [0.3, 0.4) is 0 Å². The van der Waals surface area contributed by atoms with Crippen LogP contribution in [-0.4, -0.2) is 25.7 Å². The molecule has 18 heavy (non-hydrogen) atoms. The normalized spacial score (nSPS) is 14.4. The number of hydrogen-bond acceptors (Lipinski definition) is 4. The van der Waals surface area contributed by atoms with Gasteiger partial charge in [0.2, 0.25) is 0 Å². The predicted octanol–water partition coefficient (Wildman–Crippen LogP) is 1.41. The van der Waals surface area contributed by atoms with Crippen molar-refractivity contribution in [1.29, 1.82) is 0 Å². The molecule has 2 atom stereocenters. The number of nitrogens with two attached hydrogens (primary N) is 2. The van der Waals surface area contributed by atoms with Gasteiger partial charge in [0.25, 0.3) is 0 Å². The molecule has 4 nitrogen and oxygen atoms in total. The lowest BCUT2D eigenvalue weighted by Crippen LogP contribution is -2.27. The number of rotatable bonds is 8. The van der Waals surface area contributed by atoms with E-state index >= 15 is 0 Å². The minimum atomic E-state index is -0.245. The molecule has 102 valence electrons. The smallest absolute Gasteiger partial charge is 0.109 e. The summed E-state index contributed by atoms with van der Waals surface area (Å²) in [5, 5.41) is 0. The Kier molecular flexibility index (Phi) is 6.90. The average Bonchev–Trinajstić information content (AvgIpc) is 2.29. The van der Waals surface area contributed by atoms with E-state index in [0.717, 1.165) is 11.1 Å². The van der Waals surface area contributed by atoms with Gasteiger partial charge in [-0.05, 0) is 25.0 Å². The van der Waals surface area contributed by atoms with Crippen LogP contribution >= 0.6 is 0 Å². The van der Waals surface area contributed by atoms with Gasteiger partial charge in [0.1, 0.15) is 12.5 Å². The van der Waals surface area contributed by atoms with Gasteiger partial charge >= 0.3 is 0 Å². The molecule has 4 heteroatoms. The van der Waals surface area contributed by atoms with Crippen molar-refractivity contribution in [1.82, 2.24) is 0 Å². The highest BCUT2D eigenvalue weighted by Gasteiger charge is 2.06. The maximum atomic E-state index is 5.84. The first-order valence-corrected chi connectivity index (χ1v) is 6.47. The summed E-state index contributed by atoms with van der Waals surface area (Å²) < 4.78 is 10.7. The number of ether oxygens (including phenoxy) is 2. The molecule has 0 heterocycles. The molecule has 1 aromatic carbocycles. The molecule has 0 spiro atoms. The highest BCUT2D eigenvalue weighted by molar-refractivity contribution is 5.24. The molecule has 4 N–H and O–H groups in total. The molecular weight excluding hydrogens is 228 g/mol. The van der Waals surface area contributed by atoms with Gasteiger partial charge in [-0.2, -0.15) is 0 Å². The molecule has 0 aliphatic rings. The summed E-state index contributed by atoms with van der Waals surface area (Å²) in [6, 6.07) is 8.23. The molecule has 1 aromatic rings. The topological polar surface area (TPSA) is 70.5 Å². The quantitative estimate of drug-likeness (QED) is 0.686. The zero-order chi connectivity index (χ0) is 13.4. The van der Waals surface area contributed by atoms with Crippen molar-refractivity contribution in [2.24, 2.45) is 11.5 Å². The van der Waals surface area contributed by atoms with E-state index in [9.17, 15) is 0 Å². The second kappa shape index (κ2) is 8.21. The van der Waals surface area contributed by atoms with Crippen LogP contribution in [-0.2, 0) is 22.3 Å². The highest BCUT2D eigenvalue weighted by atomic mass is 16.5. The summed E-state index contributed by atoms with van der Waals surface area (Å²) in [5.41, 5.74) is 14.0. The minimum absolute atomic E-state index is 0.245. The van der Waals surface area contributed by atoms with E-state index in [-0.39, 0.29) is 12.5 Å². The van der Waals surface area contributed by atoms with E-state index in [2.05, 4.69) is 18.2 Å². The lowest BCUT2D eigenvalue weighted by Gasteiger charge is -2.14. The summed E-state index contributed by atoms with van der Waals surface area (Å²) in [7, 11) is 0. The van der Waals surface area contributed by atoms with Gasteiger partial charge < -0.3 is 20.9 Å². The van der Waals surface area contributed by atoms with Crippen molar-refractivity contribution < 1.29 is 9.47 Å². The predicted molar refractivity (Wildman–Crippen MR) is 73.1 cm³/mol. The molecule has 0 bridgehead atoms. The fourth-order valence-electron chi connectivity index (χ4n) is 1.89. The van der Waals surface area contributed by atoms with Crippen molar-refractivity contribution in [3.63, 3.8) is 0 Å². The second-order valence-corrected chi connectivity index (χ2v) is 4.22. The Morgan fingerprint density at radius 1 is 0.944 bits per heavy atom. The Balaban J connectivity index is 2.56. The van der Waals surface area contributed by atoms with Crippen LogP contribution in [0.25, 0.3) is 0 Å². The second-order valence-electron chi connectivity index (χ2n) is 4.22. The lowest BCUT2D eigenvalue weighted by atomic mass is 10.0. The Labute approximate surface area is 109 Å². The summed E-state index contributed by atoms with van der Waals surface area (Å²) in [4.78, 5) is 0. The third-order valence-corrected chi connectivity index (χ3v) is 2.63.